The Labute approximate surface area is 126 Å². The minimum atomic E-state index is -0.141. The second-order valence-corrected chi connectivity index (χ2v) is 4.90. The fourth-order valence-electron chi connectivity index (χ4n) is 2.26. The van der Waals surface area contributed by atoms with E-state index < -0.39 is 0 Å². The van der Waals surface area contributed by atoms with Crippen LogP contribution in [0.15, 0.2) is 29.5 Å². The molecule has 0 unspecified atom stereocenters. The molecular weight excluding hydrogens is 282 g/mol. The van der Waals surface area contributed by atoms with Gasteiger partial charge < -0.3 is 22.2 Å². The number of aromatic nitrogens is 2. The zero-order valence-corrected chi connectivity index (χ0v) is 11.9. The van der Waals surface area contributed by atoms with E-state index in [1.54, 1.807) is 6.20 Å². The van der Waals surface area contributed by atoms with Crippen LogP contribution in [0, 0.1) is 6.92 Å². The van der Waals surface area contributed by atoms with Gasteiger partial charge in [-0.2, -0.15) is 5.10 Å². The summed E-state index contributed by atoms with van der Waals surface area (Å²) in [5.41, 5.74) is 8.95. The number of amidine groups is 1. The number of carbonyl (C=O) groups excluding carboxylic acids is 1. The predicted molar refractivity (Wildman–Crippen MR) is 84.2 cm³/mol. The lowest BCUT2D eigenvalue weighted by molar-refractivity contribution is -0.114. The summed E-state index contributed by atoms with van der Waals surface area (Å²) in [6.45, 7) is 2.13. The standard InChI is InChI=1S/C14H15N7O/c1-7-4-8(12(15)21-16)2-3-9(7)10-5-17-13-14(19-10)20-11(22)6-18-13/h2-5H,6,16H2,1H3,(H2,15,21)(H,17,18)(H,19,20,22). The van der Waals surface area contributed by atoms with E-state index in [2.05, 4.69) is 25.7 Å². The molecule has 1 amide bonds. The molecule has 1 aliphatic heterocycles. The van der Waals surface area contributed by atoms with Crippen molar-refractivity contribution in [1.29, 1.82) is 0 Å². The molecule has 6 N–H and O–H groups in total. The number of aryl methyl sites for hydroxylation is 1. The average molecular weight is 297 g/mol. The van der Waals surface area contributed by atoms with Crippen molar-refractivity contribution in [3.05, 3.63) is 35.5 Å². The van der Waals surface area contributed by atoms with Crippen LogP contribution in [-0.2, 0) is 4.79 Å². The number of hydrogen-bond donors (Lipinski definition) is 4. The quantitative estimate of drug-likeness (QED) is 0.274. The van der Waals surface area contributed by atoms with Gasteiger partial charge in [-0.15, -0.1) is 0 Å². The molecule has 0 fully saturated rings. The van der Waals surface area contributed by atoms with Crippen LogP contribution in [0.1, 0.15) is 11.1 Å². The highest BCUT2D eigenvalue weighted by molar-refractivity contribution is 5.99. The molecule has 1 aromatic carbocycles. The number of nitrogens with one attached hydrogen (secondary N) is 2. The molecule has 2 heterocycles. The Hall–Kier alpha value is -3.16. The summed E-state index contributed by atoms with van der Waals surface area (Å²) in [5, 5.41) is 9.08. The molecule has 2 aromatic rings. The number of hydrazone groups is 1. The normalized spacial score (nSPS) is 14.0. The Kier molecular flexibility index (Phi) is 3.34. The maximum Gasteiger partial charge on any atom is 0.244 e. The zero-order valence-electron chi connectivity index (χ0n) is 11.9. The summed E-state index contributed by atoms with van der Waals surface area (Å²) in [5.74, 6) is 6.31. The van der Waals surface area contributed by atoms with Gasteiger partial charge in [-0.1, -0.05) is 12.1 Å². The average Bonchev–Trinajstić information content (AvgIpc) is 2.53. The Bertz CT molecular complexity index is 785. The van der Waals surface area contributed by atoms with Gasteiger partial charge in [-0.25, -0.2) is 9.97 Å². The molecule has 1 aromatic heterocycles. The van der Waals surface area contributed by atoms with Gasteiger partial charge in [0.05, 0.1) is 18.4 Å². The second-order valence-electron chi connectivity index (χ2n) is 4.90. The number of nitrogens with zero attached hydrogens (tertiary/aromatic N) is 3. The SMILES string of the molecule is Cc1cc(C(N)=NN)ccc1-c1cnc2c(n1)NC(=O)CN2. The third-order valence-electron chi connectivity index (χ3n) is 3.38. The second kappa shape index (κ2) is 5.32. The maximum absolute atomic E-state index is 11.4. The van der Waals surface area contributed by atoms with Gasteiger partial charge in [0.1, 0.15) is 5.84 Å². The van der Waals surface area contributed by atoms with Gasteiger partial charge in [0.25, 0.3) is 0 Å². The molecular formula is C14H15N7O. The molecule has 8 nitrogen and oxygen atoms in total. The molecule has 1 aliphatic rings. The van der Waals surface area contributed by atoms with Crippen LogP contribution in [0.5, 0.6) is 0 Å². The summed E-state index contributed by atoms with van der Waals surface area (Å²) >= 11 is 0. The number of rotatable bonds is 2. The van der Waals surface area contributed by atoms with E-state index in [0.717, 1.165) is 16.7 Å². The topological polar surface area (TPSA) is 131 Å². The van der Waals surface area contributed by atoms with Gasteiger partial charge in [0.15, 0.2) is 11.6 Å². The molecule has 0 saturated carbocycles. The van der Waals surface area contributed by atoms with Gasteiger partial charge in [0, 0.05) is 11.1 Å². The van der Waals surface area contributed by atoms with Crippen LogP contribution in [0.4, 0.5) is 11.6 Å². The van der Waals surface area contributed by atoms with E-state index >= 15 is 0 Å². The first-order chi connectivity index (χ1) is 10.6. The number of benzene rings is 1. The number of carbonyl (C=O) groups is 1. The largest absolute Gasteiger partial charge is 0.382 e. The number of fused-ring (bicyclic) bond motifs is 1. The molecule has 3 rings (SSSR count). The lowest BCUT2D eigenvalue weighted by Gasteiger charge is -2.17. The van der Waals surface area contributed by atoms with Gasteiger partial charge >= 0.3 is 0 Å². The number of nitrogens with two attached hydrogens (primary N) is 2. The van der Waals surface area contributed by atoms with Crippen LogP contribution < -0.4 is 22.2 Å². The van der Waals surface area contributed by atoms with Crippen molar-refractivity contribution in [2.75, 3.05) is 17.2 Å². The summed E-state index contributed by atoms with van der Waals surface area (Å²) in [7, 11) is 0. The van der Waals surface area contributed by atoms with Crippen molar-refractivity contribution in [2.45, 2.75) is 6.92 Å². The lowest BCUT2D eigenvalue weighted by Crippen LogP contribution is -2.28. The van der Waals surface area contributed by atoms with E-state index in [1.807, 2.05) is 25.1 Å². The van der Waals surface area contributed by atoms with Crippen LogP contribution in [0.3, 0.4) is 0 Å². The van der Waals surface area contributed by atoms with E-state index in [0.29, 0.717) is 17.3 Å². The fraction of sp³-hybridized carbons (Fsp3) is 0.143. The third-order valence-corrected chi connectivity index (χ3v) is 3.38. The maximum atomic E-state index is 11.4. The molecule has 0 radical (unpaired) electrons. The molecule has 22 heavy (non-hydrogen) atoms. The van der Waals surface area contributed by atoms with Crippen molar-refractivity contribution < 1.29 is 4.79 Å². The summed E-state index contributed by atoms with van der Waals surface area (Å²) in [6, 6.07) is 5.56. The Morgan fingerprint density at radius 2 is 2.18 bits per heavy atom. The van der Waals surface area contributed by atoms with E-state index in [-0.39, 0.29) is 18.3 Å². The van der Waals surface area contributed by atoms with Crippen LogP contribution >= 0.6 is 0 Å². The van der Waals surface area contributed by atoms with Gasteiger partial charge in [-0.3, -0.25) is 4.79 Å². The van der Waals surface area contributed by atoms with Crippen molar-refractivity contribution in [3.63, 3.8) is 0 Å². The highest BCUT2D eigenvalue weighted by Gasteiger charge is 2.18. The molecule has 0 saturated heterocycles. The van der Waals surface area contributed by atoms with Crippen LogP contribution in [0.25, 0.3) is 11.3 Å². The smallest absolute Gasteiger partial charge is 0.244 e. The van der Waals surface area contributed by atoms with Crippen molar-refractivity contribution >= 4 is 23.4 Å². The summed E-state index contributed by atoms with van der Waals surface area (Å²) < 4.78 is 0. The highest BCUT2D eigenvalue weighted by atomic mass is 16.2. The van der Waals surface area contributed by atoms with E-state index in [4.69, 9.17) is 11.6 Å². The minimum absolute atomic E-state index is 0.141. The van der Waals surface area contributed by atoms with Crippen LogP contribution in [0.2, 0.25) is 0 Å². The predicted octanol–water partition coefficient (Wildman–Crippen LogP) is 0.395. The molecule has 0 spiro atoms. The Morgan fingerprint density at radius 3 is 2.91 bits per heavy atom. The van der Waals surface area contributed by atoms with Crippen LogP contribution in [-0.4, -0.2) is 28.3 Å². The van der Waals surface area contributed by atoms with E-state index in [1.165, 1.54) is 0 Å². The summed E-state index contributed by atoms with van der Waals surface area (Å²) in [4.78, 5) is 20.1. The molecule has 112 valence electrons. The van der Waals surface area contributed by atoms with Crippen molar-refractivity contribution in [3.8, 4) is 11.3 Å². The van der Waals surface area contributed by atoms with Crippen molar-refractivity contribution in [1.82, 2.24) is 9.97 Å². The Morgan fingerprint density at radius 1 is 1.36 bits per heavy atom. The number of hydrogen-bond acceptors (Lipinski definition) is 6. The fourth-order valence-corrected chi connectivity index (χ4v) is 2.26. The lowest BCUT2D eigenvalue weighted by atomic mass is 10.0. The molecule has 0 bridgehead atoms. The highest BCUT2D eigenvalue weighted by Crippen LogP contribution is 2.27. The summed E-state index contributed by atoms with van der Waals surface area (Å²) in [6.07, 6.45) is 1.66. The molecule has 0 atom stereocenters. The number of amides is 1. The number of anilines is 2. The van der Waals surface area contributed by atoms with Crippen molar-refractivity contribution in [2.24, 2.45) is 16.7 Å². The minimum Gasteiger partial charge on any atom is -0.382 e. The molecule has 8 heteroatoms. The van der Waals surface area contributed by atoms with E-state index in [9.17, 15) is 4.79 Å². The van der Waals surface area contributed by atoms with Gasteiger partial charge in [0.2, 0.25) is 5.91 Å². The first kappa shape index (κ1) is 13.8. The monoisotopic (exact) mass is 297 g/mol. The first-order valence-corrected chi connectivity index (χ1v) is 6.64. The zero-order chi connectivity index (χ0) is 15.7. The third kappa shape index (κ3) is 2.41. The Balaban J connectivity index is 2.01. The van der Waals surface area contributed by atoms with Gasteiger partial charge in [-0.05, 0) is 18.6 Å². The molecule has 0 aliphatic carbocycles. The first-order valence-electron chi connectivity index (χ1n) is 6.64.